The second-order valence-corrected chi connectivity index (χ2v) is 3.05. The van der Waals surface area contributed by atoms with Gasteiger partial charge in [-0.2, -0.15) is 0 Å². The van der Waals surface area contributed by atoms with Crippen LogP contribution in [0.2, 0.25) is 0 Å². The molecule has 3 N–H and O–H groups in total. The van der Waals surface area contributed by atoms with E-state index in [2.05, 4.69) is 0 Å². The Bertz CT molecular complexity index is 385. The van der Waals surface area contributed by atoms with Crippen LogP contribution in [0.15, 0.2) is 30.3 Å². The number of amidine groups is 1. The Hall–Kier alpha value is -1.32. The minimum atomic E-state index is -0.513. The van der Waals surface area contributed by atoms with Crippen molar-refractivity contribution in [3.8, 4) is 0 Å². The molecule has 1 aromatic rings. The zero-order chi connectivity index (χ0) is 10.6. The molecule has 0 amide bonds. The van der Waals surface area contributed by atoms with Crippen LogP contribution in [0.3, 0.4) is 0 Å². The van der Waals surface area contributed by atoms with Gasteiger partial charge in [0.2, 0.25) is 5.24 Å². The largest absolute Gasteiger partial charge is 0.384 e. The van der Waals surface area contributed by atoms with Crippen LogP contribution in [0.5, 0.6) is 0 Å². The minimum Gasteiger partial charge on any atom is -0.384 e. The fourth-order valence-electron chi connectivity index (χ4n) is 0.936. The van der Waals surface area contributed by atoms with Crippen molar-refractivity contribution in [2.45, 2.75) is 0 Å². The summed E-state index contributed by atoms with van der Waals surface area (Å²) < 4.78 is 0. The highest BCUT2D eigenvalue weighted by atomic mass is 35.5. The molecule has 0 radical (unpaired) electrons. The van der Waals surface area contributed by atoms with E-state index in [0.29, 0.717) is 5.56 Å². The van der Waals surface area contributed by atoms with Gasteiger partial charge in [-0.1, -0.05) is 30.3 Å². The maximum atomic E-state index is 10.4. The van der Waals surface area contributed by atoms with Gasteiger partial charge in [0.1, 0.15) is 5.84 Å². The lowest BCUT2D eigenvalue weighted by Gasteiger charge is -1.97. The minimum absolute atomic E-state index is 0. The van der Waals surface area contributed by atoms with E-state index in [1.165, 1.54) is 6.08 Å². The molecule has 3 nitrogen and oxygen atoms in total. The summed E-state index contributed by atoms with van der Waals surface area (Å²) in [6.45, 7) is 0. The quantitative estimate of drug-likeness (QED) is 0.371. The molecule has 0 aliphatic rings. The number of nitrogen functional groups attached to an aromatic ring is 1. The smallest absolute Gasteiger partial charge is 0.245 e. The van der Waals surface area contributed by atoms with Crippen molar-refractivity contribution < 1.29 is 4.79 Å². The van der Waals surface area contributed by atoms with E-state index in [-0.39, 0.29) is 18.2 Å². The maximum absolute atomic E-state index is 10.4. The molecule has 0 atom stereocenters. The van der Waals surface area contributed by atoms with E-state index in [4.69, 9.17) is 22.7 Å². The van der Waals surface area contributed by atoms with Crippen molar-refractivity contribution in [3.63, 3.8) is 0 Å². The SMILES string of the molecule is Cl.N=C(N)c1ccc(/C=C/C(=O)Cl)cc1. The van der Waals surface area contributed by atoms with Crippen molar-refractivity contribution in [2.24, 2.45) is 5.73 Å². The summed E-state index contributed by atoms with van der Waals surface area (Å²) in [4.78, 5) is 10.4. The molecule has 0 unspecified atom stereocenters. The van der Waals surface area contributed by atoms with Gasteiger partial charge in [0.05, 0.1) is 0 Å². The van der Waals surface area contributed by atoms with Gasteiger partial charge in [-0.3, -0.25) is 10.2 Å². The lowest BCUT2D eigenvalue weighted by molar-refractivity contribution is -0.107. The van der Waals surface area contributed by atoms with Crippen molar-refractivity contribution in [2.75, 3.05) is 0 Å². The molecule has 0 saturated carbocycles. The number of allylic oxidation sites excluding steroid dienone is 1. The Morgan fingerprint density at radius 1 is 1.33 bits per heavy atom. The molecule has 0 heterocycles. The summed E-state index contributed by atoms with van der Waals surface area (Å²) in [5.74, 6) is 0.0222. The van der Waals surface area contributed by atoms with Crippen LogP contribution in [0.25, 0.3) is 6.08 Å². The van der Waals surface area contributed by atoms with Crippen LogP contribution >= 0.6 is 24.0 Å². The van der Waals surface area contributed by atoms with Crippen LogP contribution in [-0.2, 0) is 4.79 Å². The molecule has 5 heteroatoms. The fourth-order valence-corrected chi connectivity index (χ4v) is 0.999. The average molecular weight is 245 g/mol. The Kier molecular flexibility index (Phi) is 5.67. The number of hydrogen-bond donors (Lipinski definition) is 2. The van der Waals surface area contributed by atoms with E-state index in [9.17, 15) is 4.79 Å². The average Bonchev–Trinajstić information content (AvgIpc) is 2.15. The molecule has 80 valence electrons. The molecule has 0 aliphatic carbocycles. The van der Waals surface area contributed by atoms with E-state index in [1.54, 1.807) is 30.3 Å². The second-order valence-electron chi connectivity index (χ2n) is 2.67. The van der Waals surface area contributed by atoms with E-state index in [0.717, 1.165) is 5.56 Å². The zero-order valence-corrected chi connectivity index (χ0v) is 9.31. The molecule has 0 saturated heterocycles. The third-order valence-electron chi connectivity index (χ3n) is 1.63. The van der Waals surface area contributed by atoms with Crippen LogP contribution in [0, 0.1) is 5.41 Å². The number of nitrogens with one attached hydrogen (secondary N) is 1. The first-order valence-electron chi connectivity index (χ1n) is 3.91. The Morgan fingerprint density at radius 3 is 2.27 bits per heavy atom. The topological polar surface area (TPSA) is 66.9 Å². The van der Waals surface area contributed by atoms with Crippen LogP contribution in [0.4, 0.5) is 0 Å². The molecule has 1 aromatic carbocycles. The van der Waals surface area contributed by atoms with Gasteiger partial charge in [0.15, 0.2) is 0 Å². The molecular weight excluding hydrogens is 235 g/mol. The number of carbonyl (C=O) groups excluding carboxylic acids is 1. The molecular formula is C10H10Cl2N2O. The third kappa shape index (κ3) is 4.63. The lowest BCUT2D eigenvalue weighted by atomic mass is 10.1. The van der Waals surface area contributed by atoms with Gasteiger partial charge in [0, 0.05) is 5.56 Å². The number of halogens is 2. The number of nitrogens with two attached hydrogens (primary N) is 1. The van der Waals surface area contributed by atoms with Gasteiger partial charge >= 0.3 is 0 Å². The number of carbonyl (C=O) groups is 1. The second kappa shape index (κ2) is 6.22. The number of rotatable bonds is 3. The predicted octanol–water partition coefficient (Wildman–Crippen LogP) is 2.17. The van der Waals surface area contributed by atoms with Gasteiger partial charge in [-0.05, 0) is 23.2 Å². The highest BCUT2D eigenvalue weighted by Gasteiger charge is 1.94. The summed E-state index contributed by atoms with van der Waals surface area (Å²) in [7, 11) is 0. The van der Waals surface area contributed by atoms with E-state index in [1.807, 2.05) is 0 Å². The summed E-state index contributed by atoms with van der Waals surface area (Å²) in [5, 5.41) is 6.65. The normalized spacial score (nSPS) is 9.67. The highest BCUT2D eigenvalue weighted by Crippen LogP contribution is 2.05. The van der Waals surface area contributed by atoms with Crippen LogP contribution < -0.4 is 5.73 Å². The molecule has 0 aliphatic heterocycles. The van der Waals surface area contributed by atoms with E-state index < -0.39 is 5.24 Å². The summed E-state index contributed by atoms with van der Waals surface area (Å²) in [6.07, 6.45) is 2.86. The van der Waals surface area contributed by atoms with Crippen molar-refractivity contribution in [1.29, 1.82) is 5.41 Å². The van der Waals surface area contributed by atoms with Gasteiger partial charge in [0.25, 0.3) is 0 Å². The summed E-state index contributed by atoms with van der Waals surface area (Å²) >= 11 is 5.13. The van der Waals surface area contributed by atoms with Crippen LogP contribution in [-0.4, -0.2) is 11.1 Å². The summed E-state index contributed by atoms with van der Waals surface area (Å²) in [6, 6.07) is 6.93. The molecule has 0 fully saturated rings. The van der Waals surface area contributed by atoms with Crippen molar-refractivity contribution >= 4 is 41.2 Å². The number of benzene rings is 1. The van der Waals surface area contributed by atoms with Gasteiger partial charge in [-0.15, -0.1) is 12.4 Å². The zero-order valence-electron chi connectivity index (χ0n) is 7.74. The standard InChI is InChI=1S/C10H9ClN2O.ClH/c11-9(14)6-3-7-1-4-8(5-2-7)10(12)13;/h1-6H,(H3,12,13);1H/b6-3+;. The van der Waals surface area contributed by atoms with E-state index >= 15 is 0 Å². The first kappa shape index (κ1) is 13.7. The summed E-state index contributed by atoms with van der Waals surface area (Å²) in [5.41, 5.74) is 6.77. The Morgan fingerprint density at radius 2 is 1.87 bits per heavy atom. The Labute approximate surface area is 98.8 Å². The lowest BCUT2D eigenvalue weighted by Crippen LogP contribution is -2.10. The molecule has 15 heavy (non-hydrogen) atoms. The first-order valence-corrected chi connectivity index (χ1v) is 4.29. The Balaban J connectivity index is 0.00000196. The highest BCUT2D eigenvalue weighted by molar-refractivity contribution is 6.66. The molecule has 1 rings (SSSR count). The molecule has 0 spiro atoms. The van der Waals surface area contributed by atoms with Gasteiger partial charge in [-0.25, -0.2) is 0 Å². The van der Waals surface area contributed by atoms with Crippen molar-refractivity contribution in [3.05, 3.63) is 41.5 Å². The number of hydrogen-bond acceptors (Lipinski definition) is 2. The first-order chi connectivity index (χ1) is 6.59. The third-order valence-corrected chi connectivity index (χ3v) is 1.75. The van der Waals surface area contributed by atoms with Gasteiger partial charge < -0.3 is 5.73 Å². The molecule has 0 aromatic heterocycles. The fraction of sp³-hybridized carbons (Fsp3) is 0. The molecule has 0 bridgehead atoms. The van der Waals surface area contributed by atoms with Crippen molar-refractivity contribution in [1.82, 2.24) is 0 Å². The monoisotopic (exact) mass is 244 g/mol. The maximum Gasteiger partial charge on any atom is 0.245 e. The predicted molar refractivity (Wildman–Crippen MR) is 64.6 cm³/mol. The van der Waals surface area contributed by atoms with Crippen LogP contribution in [0.1, 0.15) is 11.1 Å².